The molecule has 0 atom stereocenters. The van der Waals surface area contributed by atoms with Crippen molar-refractivity contribution in [3.63, 3.8) is 0 Å². The number of nitrogens with zero attached hydrogens (tertiary/aromatic N) is 1. The summed E-state index contributed by atoms with van der Waals surface area (Å²) in [7, 11) is 0. The van der Waals surface area contributed by atoms with E-state index >= 15 is 0 Å². The van der Waals surface area contributed by atoms with Crippen LogP contribution < -0.4 is 15.5 Å². The first-order valence-corrected chi connectivity index (χ1v) is 7.16. The smallest absolute Gasteiger partial charge is 0.317 e. The number of carbonyl (C=O) groups is 2. The van der Waals surface area contributed by atoms with Crippen LogP contribution in [0.4, 0.5) is 10.5 Å². The van der Waals surface area contributed by atoms with E-state index in [1.807, 2.05) is 12.1 Å². The first-order valence-electron chi connectivity index (χ1n) is 7.16. The van der Waals surface area contributed by atoms with Crippen LogP contribution in [0, 0.1) is 0 Å². The first kappa shape index (κ1) is 13.1. The Labute approximate surface area is 118 Å². The summed E-state index contributed by atoms with van der Waals surface area (Å²) in [6.45, 7) is 2.56. The fourth-order valence-electron chi connectivity index (χ4n) is 2.91. The highest BCUT2D eigenvalue weighted by molar-refractivity contribution is 6.05. The minimum atomic E-state index is -0.316. The van der Waals surface area contributed by atoms with E-state index in [4.69, 9.17) is 0 Å². The van der Waals surface area contributed by atoms with Gasteiger partial charge in [0.15, 0.2) is 0 Å². The normalized spacial score (nSPS) is 20.9. The van der Waals surface area contributed by atoms with Crippen LogP contribution in [0.15, 0.2) is 24.3 Å². The third-order valence-electron chi connectivity index (χ3n) is 4.05. The number of carbonyl (C=O) groups excluding carboxylic acids is 2. The Kier molecular flexibility index (Phi) is 3.69. The van der Waals surface area contributed by atoms with E-state index in [-0.39, 0.29) is 11.9 Å². The molecule has 2 fully saturated rings. The molecule has 0 unspecified atom stereocenters. The van der Waals surface area contributed by atoms with Crippen LogP contribution in [0.3, 0.4) is 0 Å². The lowest BCUT2D eigenvalue weighted by atomic mass is 9.90. The van der Waals surface area contributed by atoms with Crippen molar-refractivity contribution in [2.75, 3.05) is 24.5 Å². The van der Waals surface area contributed by atoms with Crippen LogP contribution in [0.5, 0.6) is 0 Å². The van der Waals surface area contributed by atoms with E-state index in [9.17, 15) is 9.59 Å². The van der Waals surface area contributed by atoms with Gasteiger partial charge >= 0.3 is 6.03 Å². The Morgan fingerprint density at radius 1 is 1.15 bits per heavy atom. The molecule has 2 aliphatic rings. The van der Waals surface area contributed by atoms with Crippen LogP contribution in [0.1, 0.15) is 30.7 Å². The number of hydrogen-bond acceptors (Lipinski definition) is 3. The fourth-order valence-corrected chi connectivity index (χ4v) is 2.91. The molecule has 3 rings (SSSR count). The van der Waals surface area contributed by atoms with Crippen molar-refractivity contribution < 1.29 is 9.59 Å². The summed E-state index contributed by atoms with van der Waals surface area (Å²) in [6, 6.07) is 7.83. The van der Waals surface area contributed by atoms with Gasteiger partial charge in [-0.2, -0.15) is 0 Å². The average molecular weight is 273 g/mol. The van der Waals surface area contributed by atoms with Crippen molar-refractivity contribution in [1.82, 2.24) is 10.6 Å². The van der Waals surface area contributed by atoms with Crippen LogP contribution in [0.25, 0.3) is 0 Å². The van der Waals surface area contributed by atoms with Crippen LogP contribution in [-0.2, 0) is 4.79 Å². The maximum atomic E-state index is 11.9. The summed E-state index contributed by atoms with van der Waals surface area (Å²) >= 11 is 0. The lowest BCUT2D eigenvalue weighted by Crippen LogP contribution is -2.49. The summed E-state index contributed by atoms with van der Waals surface area (Å²) in [6.07, 6.45) is 2.63. The Hall–Kier alpha value is -1.88. The number of anilines is 1. The molecular weight excluding hydrogens is 254 g/mol. The fraction of sp³-hybridized carbons (Fsp3) is 0.467. The molecule has 0 aliphatic carbocycles. The maximum absolute atomic E-state index is 11.9. The Bertz CT molecular complexity index is 524. The summed E-state index contributed by atoms with van der Waals surface area (Å²) in [5, 5.41) is 5.73. The zero-order valence-corrected chi connectivity index (χ0v) is 11.4. The SMILES string of the molecule is O=C1CCN(c2cccc(C3CCNCC3)c2)C(=O)N1. The van der Waals surface area contributed by atoms with Crippen molar-refractivity contribution >= 4 is 17.6 Å². The molecule has 5 heteroatoms. The van der Waals surface area contributed by atoms with E-state index in [2.05, 4.69) is 22.8 Å². The summed E-state index contributed by atoms with van der Waals surface area (Å²) in [4.78, 5) is 24.7. The summed E-state index contributed by atoms with van der Waals surface area (Å²) < 4.78 is 0. The van der Waals surface area contributed by atoms with Gasteiger partial charge in [-0.1, -0.05) is 12.1 Å². The number of imide groups is 1. The molecule has 0 spiro atoms. The zero-order chi connectivity index (χ0) is 13.9. The van der Waals surface area contributed by atoms with Crippen molar-refractivity contribution in [1.29, 1.82) is 0 Å². The van der Waals surface area contributed by atoms with Gasteiger partial charge in [-0.15, -0.1) is 0 Å². The molecule has 0 radical (unpaired) electrons. The molecule has 2 saturated heterocycles. The average Bonchev–Trinajstić information content (AvgIpc) is 2.48. The minimum Gasteiger partial charge on any atom is -0.317 e. The second-order valence-electron chi connectivity index (χ2n) is 5.37. The largest absolute Gasteiger partial charge is 0.328 e. The van der Waals surface area contributed by atoms with Crippen LogP contribution >= 0.6 is 0 Å². The molecule has 5 nitrogen and oxygen atoms in total. The highest BCUT2D eigenvalue weighted by atomic mass is 16.2. The molecular formula is C15H19N3O2. The van der Waals surface area contributed by atoms with Gasteiger partial charge < -0.3 is 5.32 Å². The maximum Gasteiger partial charge on any atom is 0.328 e. The predicted molar refractivity (Wildman–Crippen MR) is 76.8 cm³/mol. The highest BCUT2D eigenvalue weighted by Crippen LogP contribution is 2.28. The lowest BCUT2D eigenvalue weighted by Gasteiger charge is -2.28. The molecule has 2 heterocycles. The molecule has 3 amide bonds. The summed E-state index contributed by atoms with van der Waals surface area (Å²) in [5.74, 6) is 0.367. The first-order chi connectivity index (χ1) is 9.74. The number of benzene rings is 1. The third kappa shape index (κ3) is 2.67. The van der Waals surface area contributed by atoms with Gasteiger partial charge in [-0.3, -0.25) is 15.0 Å². The van der Waals surface area contributed by atoms with Gasteiger partial charge in [-0.25, -0.2) is 4.79 Å². The molecule has 0 saturated carbocycles. The van der Waals surface area contributed by atoms with Crippen molar-refractivity contribution in [2.45, 2.75) is 25.2 Å². The monoisotopic (exact) mass is 273 g/mol. The highest BCUT2D eigenvalue weighted by Gasteiger charge is 2.25. The van der Waals surface area contributed by atoms with Gasteiger partial charge in [0.25, 0.3) is 0 Å². The number of hydrogen-bond donors (Lipinski definition) is 2. The number of urea groups is 1. The van der Waals surface area contributed by atoms with Crippen molar-refractivity contribution in [3.05, 3.63) is 29.8 Å². The van der Waals surface area contributed by atoms with E-state index < -0.39 is 0 Å². The minimum absolute atomic E-state index is 0.194. The van der Waals surface area contributed by atoms with E-state index in [1.165, 1.54) is 5.56 Å². The number of rotatable bonds is 2. The second-order valence-corrected chi connectivity index (χ2v) is 5.37. The molecule has 1 aromatic rings. The van der Waals surface area contributed by atoms with Gasteiger partial charge in [0.05, 0.1) is 0 Å². The van der Waals surface area contributed by atoms with Crippen LogP contribution in [0.2, 0.25) is 0 Å². The quantitative estimate of drug-likeness (QED) is 0.860. The molecule has 20 heavy (non-hydrogen) atoms. The molecule has 2 aliphatic heterocycles. The van der Waals surface area contributed by atoms with E-state index in [0.717, 1.165) is 31.6 Å². The standard InChI is InChI=1S/C15H19N3O2/c19-14-6-9-18(15(20)17-14)13-3-1-2-12(10-13)11-4-7-16-8-5-11/h1-3,10-11,16H,4-9H2,(H,17,19,20). The van der Waals surface area contributed by atoms with E-state index in [0.29, 0.717) is 18.9 Å². The molecule has 106 valence electrons. The Morgan fingerprint density at radius 3 is 2.70 bits per heavy atom. The van der Waals surface area contributed by atoms with E-state index in [1.54, 1.807) is 4.90 Å². The molecule has 0 aromatic heterocycles. The van der Waals surface area contributed by atoms with Crippen LogP contribution in [-0.4, -0.2) is 31.6 Å². The number of amides is 3. The summed E-state index contributed by atoms with van der Waals surface area (Å²) in [5.41, 5.74) is 2.17. The molecule has 0 bridgehead atoms. The van der Waals surface area contributed by atoms with Gasteiger partial charge in [0.1, 0.15) is 0 Å². The molecule has 2 N–H and O–H groups in total. The number of piperidine rings is 1. The predicted octanol–water partition coefficient (Wildman–Crippen LogP) is 1.60. The van der Waals surface area contributed by atoms with Gasteiger partial charge in [0, 0.05) is 18.7 Å². The third-order valence-corrected chi connectivity index (χ3v) is 4.05. The van der Waals surface area contributed by atoms with Gasteiger partial charge in [0.2, 0.25) is 5.91 Å². The molecule has 1 aromatic carbocycles. The Balaban J connectivity index is 1.80. The van der Waals surface area contributed by atoms with Crippen molar-refractivity contribution in [3.8, 4) is 0 Å². The Morgan fingerprint density at radius 2 is 1.95 bits per heavy atom. The van der Waals surface area contributed by atoms with Gasteiger partial charge in [-0.05, 0) is 49.5 Å². The number of nitrogens with one attached hydrogen (secondary N) is 2. The zero-order valence-electron chi connectivity index (χ0n) is 11.4. The second kappa shape index (κ2) is 5.63. The lowest BCUT2D eigenvalue weighted by molar-refractivity contribution is -0.120. The topological polar surface area (TPSA) is 61.4 Å². The van der Waals surface area contributed by atoms with Crippen molar-refractivity contribution in [2.24, 2.45) is 0 Å².